The van der Waals surface area contributed by atoms with Gasteiger partial charge in [-0.2, -0.15) is 0 Å². The number of carbonyl (C=O) groups excluding carboxylic acids is 1. The van der Waals surface area contributed by atoms with Crippen molar-refractivity contribution in [1.82, 2.24) is 5.32 Å². The molecule has 2 atom stereocenters. The van der Waals surface area contributed by atoms with E-state index < -0.39 is 11.9 Å². The van der Waals surface area contributed by atoms with Crippen LogP contribution in [0.4, 0.5) is 0 Å². The quantitative estimate of drug-likeness (QED) is 0.749. The van der Waals surface area contributed by atoms with Gasteiger partial charge in [0.15, 0.2) is 0 Å². The minimum Gasteiger partial charge on any atom is -0.481 e. The zero-order valence-corrected chi connectivity index (χ0v) is 12.2. The number of rotatable bonds is 7. The molecular weight excluding hydrogens is 258 g/mol. The Labute approximate surface area is 120 Å². The fourth-order valence-corrected chi connectivity index (χ4v) is 3.02. The van der Waals surface area contributed by atoms with Gasteiger partial charge in [-0.1, -0.05) is 26.2 Å². The summed E-state index contributed by atoms with van der Waals surface area (Å²) in [5.41, 5.74) is -0.225. The van der Waals surface area contributed by atoms with Crippen LogP contribution in [0.5, 0.6) is 0 Å². The van der Waals surface area contributed by atoms with Crippen molar-refractivity contribution >= 4 is 11.9 Å². The summed E-state index contributed by atoms with van der Waals surface area (Å²) in [6, 6.07) is 0. The number of carboxylic acids is 1. The van der Waals surface area contributed by atoms with Crippen LogP contribution in [-0.4, -0.2) is 35.7 Å². The summed E-state index contributed by atoms with van der Waals surface area (Å²) < 4.78 is 6.01. The molecule has 5 nitrogen and oxygen atoms in total. The minimum atomic E-state index is -0.861. The van der Waals surface area contributed by atoms with E-state index in [1.807, 2.05) is 0 Å². The Kier molecular flexibility index (Phi) is 5.02. The summed E-state index contributed by atoms with van der Waals surface area (Å²) in [5.74, 6) is -1.80. The van der Waals surface area contributed by atoms with E-state index in [1.165, 1.54) is 6.42 Å². The molecule has 2 fully saturated rings. The van der Waals surface area contributed by atoms with Crippen LogP contribution in [0.15, 0.2) is 0 Å². The molecular formula is C15H25NO4. The van der Waals surface area contributed by atoms with Gasteiger partial charge in [0, 0.05) is 13.2 Å². The fraction of sp³-hybridized carbons (Fsp3) is 0.867. The van der Waals surface area contributed by atoms with Gasteiger partial charge in [-0.3, -0.25) is 9.59 Å². The van der Waals surface area contributed by atoms with Gasteiger partial charge in [0.1, 0.15) is 0 Å². The lowest BCUT2D eigenvalue weighted by atomic mass is 9.84. The van der Waals surface area contributed by atoms with E-state index in [9.17, 15) is 9.59 Å². The largest absolute Gasteiger partial charge is 0.481 e. The topological polar surface area (TPSA) is 75.6 Å². The molecule has 2 unspecified atom stereocenters. The van der Waals surface area contributed by atoms with Crippen molar-refractivity contribution in [2.24, 2.45) is 11.8 Å². The second-order valence-corrected chi connectivity index (χ2v) is 6.10. The molecule has 0 radical (unpaired) electrons. The Bertz CT molecular complexity index is 363. The number of amides is 1. The number of carbonyl (C=O) groups is 2. The van der Waals surface area contributed by atoms with Crippen molar-refractivity contribution < 1.29 is 19.4 Å². The molecule has 0 aromatic rings. The molecule has 5 heteroatoms. The van der Waals surface area contributed by atoms with Crippen LogP contribution in [0.2, 0.25) is 0 Å². The van der Waals surface area contributed by atoms with Crippen molar-refractivity contribution in [1.29, 1.82) is 0 Å². The van der Waals surface area contributed by atoms with Crippen molar-refractivity contribution in [3.63, 3.8) is 0 Å². The van der Waals surface area contributed by atoms with Gasteiger partial charge in [-0.25, -0.2) is 0 Å². The summed E-state index contributed by atoms with van der Waals surface area (Å²) in [6.45, 7) is 3.32. The van der Waals surface area contributed by atoms with Crippen LogP contribution >= 0.6 is 0 Å². The highest BCUT2D eigenvalue weighted by molar-refractivity contribution is 5.89. The molecule has 20 heavy (non-hydrogen) atoms. The molecule has 0 heterocycles. The first-order valence-electron chi connectivity index (χ1n) is 7.72. The van der Waals surface area contributed by atoms with Gasteiger partial charge in [0.2, 0.25) is 5.91 Å². The van der Waals surface area contributed by atoms with Crippen LogP contribution in [-0.2, 0) is 14.3 Å². The molecule has 2 rings (SSSR count). The highest BCUT2D eigenvalue weighted by Gasteiger charge is 2.48. The Hall–Kier alpha value is -1.10. The zero-order valence-electron chi connectivity index (χ0n) is 12.2. The van der Waals surface area contributed by atoms with E-state index in [-0.39, 0.29) is 17.4 Å². The molecule has 2 aliphatic rings. The smallest absolute Gasteiger partial charge is 0.307 e. The lowest BCUT2D eigenvalue weighted by Crippen LogP contribution is -2.47. The highest BCUT2D eigenvalue weighted by Crippen LogP contribution is 2.39. The molecule has 0 spiro atoms. The third kappa shape index (κ3) is 3.72. The third-order valence-corrected chi connectivity index (χ3v) is 4.41. The van der Waals surface area contributed by atoms with Crippen LogP contribution in [0.3, 0.4) is 0 Å². The molecule has 0 aliphatic heterocycles. The first kappa shape index (κ1) is 15.3. The van der Waals surface area contributed by atoms with E-state index in [0.29, 0.717) is 13.0 Å². The predicted octanol–water partition coefficient (Wildman–Crippen LogP) is 1.95. The third-order valence-electron chi connectivity index (χ3n) is 4.41. The van der Waals surface area contributed by atoms with Gasteiger partial charge in [-0.05, 0) is 25.7 Å². The van der Waals surface area contributed by atoms with Gasteiger partial charge >= 0.3 is 5.97 Å². The Balaban J connectivity index is 1.82. The van der Waals surface area contributed by atoms with E-state index in [1.54, 1.807) is 0 Å². The fourth-order valence-electron chi connectivity index (χ4n) is 3.02. The second kappa shape index (κ2) is 6.57. The molecule has 2 N–H and O–H groups in total. The first-order valence-corrected chi connectivity index (χ1v) is 7.72. The number of hydrogen-bond acceptors (Lipinski definition) is 3. The van der Waals surface area contributed by atoms with E-state index in [4.69, 9.17) is 9.84 Å². The maximum atomic E-state index is 11.9. The zero-order chi connectivity index (χ0) is 14.6. The van der Waals surface area contributed by atoms with Crippen molar-refractivity contribution in [2.45, 2.75) is 57.5 Å². The Morgan fingerprint density at radius 3 is 2.50 bits per heavy atom. The molecule has 2 aliphatic carbocycles. The molecule has 114 valence electrons. The number of aliphatic carboxylic acids is 1. The molecule has 1 amide bonds. The second-order valence-electron chi connectivity index (χ2n) is 6.10. The summed E-state index contributed by atoms with van der Waals surface area (Å²) in [7, 11) is 0. The molecule has 0 aromatic heterocycles. The summed E-state index contributed by atoms with van der Waals surface area (Å²) in [5, 5.41) is 11.8. The van der Waals surface area contributed by atoms with E-state index in [2.05, 4.69) is 12.2 Å². The predicted molar refractivity (Wildman–Crippen MR) is 74.3 cm³/mol. The van der Waals surface area contributed by atoms with Crippen LogP contribution in [0, 0.1) is 11.8 Å². The minimum absolute atomic E-state index is 0.123. The first-order chi connectivity index (χ1) is 9.58. The number of ether oxygens (including phenoxy) is 1. The van der Waals surface area contributed by atoms with Gasteiger partial charge < -0.3 is 15.2 Å². The summed E-state index contributed by atoms with van der Waals surface area (Å²) >= 11 is 0. The normalized spacial score (nSPS) is 27.9. The average Bonchev–Trinajstić information content (AvgIpc) is 3.24. The van der Waals surface area contributed by atoms with Crippen LogP contribution < -0.4 is 5.32 Å². The highest BCUT2D eigenvalue weighted by atomic mass is 16.5. The van der Waals surface area contributed by atoms with Gasteiger partial charge in [0.05, 0.1) is 17.4 Å². The van der Waals surface area contributed by atoms with Crippen LogP contribution in [0.1, 0.15) is 51.9 Å². The molecule has 0 aromatic carbocycles. The van der Waals surface area contributed by atoms with Gasteiger partial charge in [-0.15, -0.1) is 0 Å². The summed E-state index contributed by atoms with van der Waals surface area (Å²) in [6.07, 6.45) is 6.93. The standard InChI is InChI=1S/C15H25NO4/c1-2-8-20-15(6-4-3-5-7-15)10-16-13(17)11-9-12(11)14(18)19/h11-12H,2-10H2,1H3,(H,16,17)(H,18,19). The van der Waals surface area contributed by atoms with E-state index in [0.717, 1.165) is 38.7 Å². The lowest BCUT2D eigenvalue weighted by Gasteiger charge is -2.37. The maximum absolute atomic E-state index is 11.9. The van der Waals surface area contributed by atoms with E-state index >= 15 is 0 Å². The number of hydrogen-bond donors (Lipinski definition) is 2. The van der Waals surface area contributed by atoms with Gasteiger partial charge in [0.25, 0.3) is 0 Å². The van der Waals surface area contributed by atoms with Crippen LogP contribution in [0.25, 0.3) is 0 Å². The SMILES string of the molecule is CCCOC1(CNC(=O)C2CC2C(=O)O)CCCCC1. The van der Waals surface area contributed by atoms with Crippen molar-refractivity contribution in [3.05, 3.63) is 0 Å². The molecule has 0 saturated heterocycles. The number of carboxylic acid groups (broad SMARTS) is 1. The maximum Gasteiger partial charge on any atom is 0.307 e. The summed E-state index contributed by atoms with van der Waals surface area (Å²) in [4.78, 5) is 22.7. The average molecular weight is 283 g/mol. The Morgan fingerprint density at radius 2 is 1.95 bits per heavy atom. The monoisotopic (exact) mass is 283 g/mol. The van der Waals surface area contributed by atoms with Crippen molar-refractivity contribution in [2.75, 3.05) is 13.2 Å². The molecule has 0 bridgehead atoms. The Morgan fingerprint density at radius 1 is 1.25 bits per heavy atom. The lowest BCUT2D eigenvalue weighted by molar-refractivity contribution is -0.140. The van der Waals surface area contributed by atoms with Crippen molar-refractivity contribution in [3.8, 4) is 0 Å². The number of nitrogens with one attached hydrogen (secondary N) is 1. The molecule has 2 saturated carbocycles.